The Kier molecular flexibility index (Phi) is 4.89. The molecule has 0 unspecified atom stereocenters. The van der Waals surface area contributed by atoms with Crippen LogP contribution in [0.3, 0.4) is 0 Å². The second-order valence-electron chi connectivity index (χ2n) is 5.96. The second-order valence-corrected chi connectivity index (χ2v) is 5.96. The maximum Gasteiger partial charge on any atom is 0.434 e. The fourth-order valence-electron chi connectivity index (χ4n) is 2.71. The van der Waals surface area contributed by atoms with E-state index >= 15 is 0 Å². The van der Waals surface area contributed by atoms with Crippen LogP contribution in [-0.4, -0.2) is 20.7 Å². The Labute approximate surface area is 151 Å². The van der Waals surface area contributed by atoms with Gasteiger partial charge in [0.25, 0.3) is 0 Å². The Hall–Kier alpha value is -3.29. The van der Waals surface area contributed by atoms with Crippen molar-refractivity contribution in [1.82, 2.24) is 15.0 Å². The summed E-state index contributed by atoms with van der Waals surface area (Å²) < 4.78 is 39.7. The van der Waals surface area contributed by atoms with Crippen molar-refractivity contribution in [1.29, 1.82) is 0 Å². The molecule has 0 aromatic carbocycles. The monoisotopic (exact) mass is 373 g/mol. The zero-order valence-corrected chi connectivity index (χ0v) is 14.2. The standard InChI is InChI=1S/C19H14F3N3O2/c1-11(26)7-14-8-12(4-6-23-14)13-9-16(25-17(27)10-13)15-3-2-5-24-18(15)19(20,21)22/h2-6,8-10H,7H2,1H3,(H,25,27). The third-order valence-electron chi connectivity index (χ3n) is 3.79. The molecule has 138 valence electrons. The number of ketones is 1. The number of nitrogens with zero attached hydrogens (tertiary/aromatic N) is 2. The molecule has 3 aromatic heterocycles. The number of rotatable bonds is 4. The van der Waals surface area contributed by atoms with Gasteiger partial charge in [-0.25, -0.2) is 0 Å². The van der Waals surface area contributed by atoms with Crippen LogP contribution in [0.5, 0.6) is 0 Å². The van der Waals surface area contributed by atoms with Gasteiger partial charge in [0, 0.05) is 36.1 Å². The summed E-state index contributed by atoms with van der Waals surface area (Å²) in [5.74, 6) is -0.0728. The van der Waals surface area contributed by atoms with Crippen LogP contribution in [0, 0.1) is 0 Å². The minimum Gasteiger partial charge on any atom is -0.322 e. The Morgan fingerprint density at radius 1 is 1.07 bits per heavy atom. The summed E-state index contributed by atoms with van der Waals surface area (Å²) >= 11 is 0. The Morgan fingerprint density at radius 2 is 1.85 bits per heavy atom. The van der Waals surface area contributed by atoms with E-state index in [1.54, 1.807) is 12.1 Å². The number of carbonyl (C=O) groups is 1. The SMILES string of the molecule is CC(=O)Cc1cc(-c2cc(-c3cccnc3C(F)(F)F)[nH]c(=O)c2)ccn1. The van der Waals surface area contributed by atoms with Gasteiger partial charge in [-0.15, -0.1) is 0 Å². The van der Waals surface area contributed by atoms with Gasteiger partial charge in [0.15, 0.2) is 5.69 Å². The van der Waals surface area contributed by atoms with Gasteiger partial charge in [0.05, 0.1) is 5.69 Å². The molecular weight excluding hydrogens is 359 g/mol. The van der Waals surface area contributed by atoms with Crippen molar-refractivity contribution in [3.8, 4) is 22.4 Å². The predicted octanol–water partition coefficient (Wildman–Crippen LogP) is 3.65. The number of halogens is 3. The molecule has 3 heterocycles. The highest BCUT2D eigenvalue weighted by Crippen LogP contribution is 2.35. The molecule has 0 aliphatic heterocycles. The Morgan fingerprint density at radius 3 is 2.56 bits per heavy atom. The van der Waals surface area contributed by atoms with E-state index in [9.17, 15) is 22.8 Å². The van der Waals surface area contributed by atoms with Crippen molar-refractivity contribution < 1.29 is 18.0 Å². The number of hydrogen-bond donors (Lipinski definition) is 1. The minimum atomic E-state index is -4.66. The number of carbonyl (C=O) groups excluding carboxylic acids is 1. The van der Waals surface area contributed by atoms with Crippen molar-refractivity contribution >= 4 is 5.78 Å². The van der Waals surface area contributed by atoms with Gasteiger partial charge in [-0.1, -0.05) is 0 Å². The molecule has 0 aliphatic carbocycles. The van der Waals surface area contributed by atoms with Crippen LogP contribution < -0.4 is 5.56 Å². The maximum atomic E-state index is 13.2. The lowest BCUT2D eigenvalue weighted by Gasteiger charge is -2.12. The lowest BCUT2D eigenvalue weighted by molar-refractivity contribution is -0.140. The molecule has 0 spiro atoms. The first-order chi connectivity index (χ1) is 12.7. The molecule has 0 bridgehead atoms. The molecule has 1 N–H and O–H groups in total. The first-order valence-corrected chi connectivity index (χ1v) is 7.96. The van der Waals surface area contributed by atoms with E-state index in [0.717, 1.165) is 6.20 Å². The molecule has 5 nitrogen and oxygen atoms in total. The average molecular weight is 373 g/mol. The molecule has 3 aromatic rings. The number of hydrogen-bond acceptors (Lipinski definition) is 4. The Bertz CT molecular complexity index is 1060. The van der Waals surface area contributed by atoms with Gasteiger partial charge in [0.2, 0.25) is 5.56 Å². The lowest BCUT2D eigenvalue weighted by Crippen LogP contribution is -2.12. The van der Waals surface area contributed by atoms with Crippen LogP contribution in [0.4, 0.5) is 13.2 Å². The van der Waals surface area contributed by atoms with E-state index in [0.29, 0.717) is 16.8 Å². The minimum absolute atomic E-state index is 0.00264. The number of alkyl halides is 3. The van der Waals surface area contributed by atoms with Gasteiger partial charge in [-0.05, 0) is 48.4 Å². The number of H-pyrrole nitrogens is 1. The van der Waals surface area contributed by atoms with Crippen LogP contribution in [-0.2, 0) is 17.4 Å². The third-order valence-corrected chi connectivity index (χ3v) is 3.79. The van der Waals surface area contributed by atoms with E-state index in [1.165, 1.54) is 37.4 Å². The normalized spacial score (nSPS) is 11.4. The molecule has 0 amide bonds. The molecule has 0 saturated carbocycles. The number of aromatic nitrogens is 3. The van der Waals surface area contributed by atoms with E-state index < -0.39 is 17.4 Å². The van der Waals surface area contributed by atoms with Crippen LogP contribution >= 0.6 is 0 Å². The van der Waals surface area contributed by atoms with Gasteiger partial charge in [-0.3, -0.25) is 19.6 Å². The molecule has 0 saturated heterocycles. The molecule has 3 rings (SSSR count). The second kappa shape index (κ2) is 7.14. The molecule has 27 heavy (non-hydrogen) atoms. The lowest BCUT2D eigenvalue weighted by atomic mass is 10.0. The Balaban J connectivity index is 2.12. The maximum absolute atomic E-state index is 13.2. The summed E-state index contributed by atoms with van der Waals surface area (Å²) in [7, 11) is 0. The first-order valence-electron chi connectivity index (χ1n) is 7.96. The molecule has 0 aliphatic rings. The van der Waals surface area contributed by atoms with Crippen LogP contribution in [0.15, 0.2) is 53.6 Å². The van der Waals surface area contributed by atoms with Gasteiger partial charge < -0.3 is 4.98 Å². The molecule has 0 atom stereocenters. The zero-order valence-electron chi connectivity index (χ0n) is 14.2. The van der Waals surface area contributed by atoms with E-state index in [2.05, 4.69) is 15.0 Å². The molecule has 0 fully saturated rings. The molecule has 0 radical (unpaired) electrons. The topological polar surface area (TPSA) is 75.7 Å². The number of aromatic amines is 1. The number of nitrogens with one attached hydrogen (secondary N) is 1. The van der Waals surface area contributed by atoms with Crippen LogP contribution in [0.1, 0.15) is 18.3 Å². The number of Topliss-reactive ketones (excluding diaryl/α,β-unsaturated/α-hetero) is 1. The highest BCUT2D eigenvalue weighted by molar-refractivity contribution is 5.78. The summed E-state index contributed by atoms with van der Waals surface area (Å²) in [5.41, 5.74) is -0.345. The van der Waals surface area contributed by atoms with Crippen molar-refractivity contribution in [2.24, 2.45) is 0 Å². The molecular formula is C19H14F3N3O2. The highest BCUT2D eigenvalue weighted by atomic mass is 19.4. The third kappa shape index (κ3) is 4.28. The van der Waals surface area contributed by atoms with E-state index in [-0.39, 0.29) is 23.5 Å². The van der Waals surface area contributed by atoms with Gasteiger partial charge >= 0.3 is 6.18 Å². The fraction of sp³-hybridized carbons (Fsp3) is 0.158. The van der Waals surface area contributed by atoms with Crippen molar-refractivity contribution in [2.45, 2.75) is 19.5 Å². The van der Waals surface area contributed by atoms with Gasteiger partial charge in [-0.2, -0.15) is 13.2 Å². The van der Waals surface area contributed by atoms with Crippen molar-refractivity contribution in [2.75, 3.05) is 0 Å². The quantitative estimate of drug-likeness (QED) is 0.757. The smallest absolute Gasteiger partial charge is 0.322 e. The molecule has 8 heteroatoms. The van der Waals surface area contributed by atoms with Crippen molar-refractivity contribution in [3.63, 3.8) is 0 Å². The summed E-state index contributed by atoms with van der Waals surface area (Å²) in [6.45, 7) is 1.43. The van der Waals surface area contributed by atoms with E-state index in [4.69, 9.17) is 0 Å². The van der Waals surface area contributed by atoms with Crippen LogP contribution in [0.2, 0.25) is 0 Å². The predicted molar refractivity (Wildman–Crippen MR) is 92.9 cm³/mol. The first kappa shape index (κ1) is 18.5. The average Bonchev–Trinajstić information content (AvgIpc) is 2.60. The summed E-state index contributed by atoms with van der Waals surface area (Å²) in [4.78, 5) is 33.3. The van der Waals surface area contributed by atoms with Crippen LogP contribution in [0.25, 0.3) is 22.4 Å². The largest absolute Gasteiger partial charge is 0.434 e. The van der Waals surface area contributed by atoms with Gasteiger partial charge in [0.1, 0.15) is 5.78 Å². The fourth-order valence-corrected chi connectivity index (χ4v) is 2.71. The van der Waals surface area contributed by atoms with Crippen molar-refractivity contribution in [3.05, 3.63) is 70.5 Å². The highest BCUT2D eigenvalue weighted by Gasteiger charge is 2.35. The van der Waals surface area contributed by atoms with E-state index in [1.807, 2.05) is 0 Å². The summed E-state index contributed by atoms with van der Waals surface area (Å²) in [5, 5.41) is 0. The number of pyridine rings is 3. The summed E-state index contributed by atoms with van der Waals surface area (Å²) in [6, 6.07) is 8.59. The summed E-state index contributed by atoms with van der Waals surface area (Å²) in [6.07, 6.45) is -2.00. The zero-order chi connectivity index (χ0) is 19.6.